The molecule has 1 rings (SSSR count). The quantitative estimate of drug-likeness (QED) is 0.856. The number of benzene rings is 1. The first-order valence-electron chi connectivity index (χ1n) is 5.15. The Labute approximate surface area is 99.0 Å². The van der Waals surface area contributed by atoms with Gasteiger partial charge in [0, 0.05) is 17.0 Å². The second-order valence-electron chi connectivity index (χ2n) is 3.68. The summed E-state index contributed by atoms with van der Waals surface area (Å²) in [4.78, 5) is 10.4. The predicted molar refractivity (Wildman–Crippen MR) is 61.5 cm³/mol. The molecule has 1 N–H and O–H groups in total. The zero-order valence-electron chi connectivity index (χ0n) is 9.04. The first-order chi connectivity index (χ1) is 7.52. The Bertz CT molecular complexity index is 377. The Morgan fingerprint density at radius 3 is 2.81 bits per heavy atom. The van der Waals surface area contributed by atoms with Crippen LogP contribution in [-0.4, -0.2) is 11.1 Å². The third-order valence-corrected chi connectivity index (χ3v) is 2.71. The first-order valence-corrected chi connectivity index (χ1v) is 5.53. The van der Waals surface area contributed by atoms with E-state index in [1.807, 2.05) is 0 Å². The van der Waals surface area contributed by atoms with Crippen molar-refractivity contribution in [2.24, 2.45) is 0 Å². The van der Waals surface area contributed by atoms with Gasteiger partial charge in [-0.15, -0.1) is 0 Å². The van der Waals surface area contributed by atoms with Crippen LogP contribution in [0.4, 0.5) is 4.39 Å². The summed E-state index contributed by atoms with van der Waals surface area (Å²) < 4.78 is 13.3. The van der Waals surface area contributed by atoms with E-state index >= 15 is 0 Å². The van der Waals surface area contributed by atoms with Crippen LogP contribution < -0.4 is 0 Å². The molecule has 1 atom stereocenters. The summed E-state index contributed by atoms with van der Waals surface area (Å²) in [5.74, 6) is -0.836. The predicted octanol–water partition coefficient (Wildman–Crippen LogP) is 3.78. The van der Waals surface area contributed by atoms with Gasteiger partial charge in [0.25, 0.3) is 0 Å². The Kier molecular flexibility index (Phi) is 4.74. The van der Waals surface area contributed by atoms with Gasteiger partial charge < -0.3 is 5.11 Å². The molecule has 0 fully saturated rings. The lowest BCUT2D eigenvalue weighted by Crippen LogP contribution is -2.00. The van der Waals surface area contributed by atoms with Crippen LogP contribution in [0, 0.1) is 0 Å². The zero-order valence-corrected chi connectivity index (χ0v) is 9.80. The Morgan fingerprint density at radius 2 is 2.25 bits per heavy atom. The zero-order chi connectivity index (χ0) is 12.1. The highest BCUT2D eigenvalue weighted by molar-refractivity contribution is 6.31. The number of hydrogen-bond acceptors (Lipinski definition) is 1. The van der Waals surface area contributed by atoms with Crippen molar-refractivity contribution in [3.8, 4) is 0 Å². The van der Waals surface area contributed by atoms with Crippen LogP contribution in [-0.2, 0) is 11.2 Å². The summed E-state index contributed by atoms with van der Waals surface area (Å²) in [7, 11) is 0. The maximum absolute atomic E-state index is 13.3. The first kappa shape index (κ1) is 13.0. The molecule has 0 radical (unpaired) electrons. The van der Waals surface area contributed by atoms with Crippen molar-refractivity contribution in [2.75, 3.05) is 0 Å². The van der Waals surface area contributed by atoms with Crippen molar-refractivity contribution < 1.29 is 14.3 Å². The molecule has 0 aliphatic heterocycles. The second-order valence-corrected chi connectivity index (χ2v) is 4.08. The molecule has 1 aromatic carbocycles. The molecule has 0 aliphatic rings. The number of carboxylic acid groups (broad SMARTS) is 1. The van der Waals surface area contributed by atoms with Gasteiger partial charge in [-0.2, -0.15) is 0 Å². The largest absolute Gasteiger partial charge is 0.481 e. The molecule has 88 valence electrons. The summed E-state index contributed by atoms with van der Waals surface area (Å²) in [5.41, 5.74) is 1.28. The molecule has 0 aromatic heterocycles. The molecule has 2 nitrogen and oxygen atoms in total. The average molecular weight is 245 g/mol. The van der Waals surface area contributed by atoms with Crippen molar-refractivity contribution >= 4 is 17.6 Å². The monoisotopic (exact) mass is 244 g/mol. The van der Waals surface area contributed by atoms with Crippen molar-refractivity contribution in [1.82, 2.24) is 0 Å². The van der Waals surface area contributed by atoms with Gasteiger partial charge in [0.15, 0.2) is 0 Å². The number of aryl methyl sites for hydroxylation is 1. The topological polar surface area (TPSA) is 37.3 Å². The lowest BCUT2D eigenvalue weighted by Gasteiger charge is -2.11. The van der Waals surface area contributed by atoms with Gasteiger partial charge in [0.05, 0.1) is 0 Å². The van der Waals surface area contributed by atoms with Gasteiger partial charge in [-0.05, 0) is 31.4 Å². The minimum absolute atomic E-state index is 0.0899. The summed E-state index contributed by atoms with van der Waals surface area (Å²) in [6.45, 7) is 1.43. The number of rotatable bonds is 5. The highest BCUT2D eigenvalue weighted by atomic mass is 35.5. The molecule has 0 aliphatic carbocycles. The second kappa shape index (κ2) is 5.85. The molecule has 0 bridgehead atoms. The van der Waals surface area contributed by atoms with Crippen LogP contribution >= 0.6 is 11.6 Å². The van der Waals surface area contributed by atoms with E-state index < -0.39 is 12.1 Å². The minimum atomic E-state index is -1.13. The summed E-state index contributed by atoms with van der Waals surface area (Å²) in [6, 6.07) is 5.19. The van der Waals surface area contributed by atoms with E-state index in [1.54, 1.807) is 18.2 Å². The van der Waals surface area contributed by atoms with Gasteiger partial charge in [-0.1, -0.05) is 23.7 Å². The van der Waals surface area contributed by atoms with E-state index in [2.05, 4.69) is 0 Å². The van der Waals surface area contributed by atoms with Crippen LogP contribution in [0.3, 0.4) is 0 Å². The highest BCUT2D eigenvalue weighted by Gasteiger charge is 2.13. The number of alkyl halides is 1. The van der Waals surface area contributed by atoms with E-state index in [4.69, 9.17) is 16.7 Å². The molecule has 0 heterocycles. The fraction of sp³-hybridized carbons (Fsp3) is 0.417. The Balaban J connectivity index is 2.79. The van der Waals surface area contributed by atoms with Gasteiger partial charge in [0.1, 0.15) is 6.17 Å². The van der Waals surface area contributed by atoms with E-state index in [9.17, 15) is 9.18 Å². The van der Waals surface area contributed by atoms with Crippen LogP contribution in [0.5, 0.6) is 0 Å². The van der Waals surface area contributed by atoms with Gasteiger partial charge >= 0.3 is 5.97 Å². The maximum Gasteiger partial charge on any atom is 0.303 e. The summed E-state index contributed by atoms with van der Waals surface area (Å²) in [6.07, 6.45) is -0.00751. The summed E-state index contributed by atoms with van der Waals surface area (Å²) >= 11 is 5.91. The molecule has 16 heavy (non-hydrogen) atoms. The molecular weight excluding hydrogens is 231 g/mol. The van der Waals surface area contributed by atoms with Crippen LogP contribution in [0.1, 0.15) is 37.1 Å². The van der Waals surface area contributed by atoms with Gasteiger partial charge in [-0.25, -0.2) is 4.39 Å². The number of hydrogen-bond donors (Lipinski definition) is 1. The third kappa shape index (κ3) is 3.49. The molecule has 0 spiro atoms. The van der Waals surface area contributed by atoms with Gasteiger partial charge in [0.2, 0.25) is 0 Å². The van der Waals surface area contributed by atoms with E-state index in [0.717, 1.165) is 5.56 Å². The molecule has 1 aromatic rings. The van der Waals surface area contributed by atoms with Crippen LogP contribution in [0.15, 0.2) is 18.2 Å². The smallest absolute Gasteiger partial charge is 0.303 e. The Morgan fingerprint density at radius 1 is 1.56 bits per heavy atom. The number of carboxylic acids is 1. The van der Waals surface area contributed by atoms with E-state index in [-0.39, 0.29) is 6.42 Å². The average Bonchev–Trinajstić information content (AvgIpc) is 2.16. The van der Waals surface area contributed by atoms with Crippen LogP contribution in [0.25, 0.3) is 0 Å². The SMILES string of the molecule is CC(F)c1c(Cl)cccc1CCCC(=O)O. The molecule has 0 saturated carbocycles. The van der Waals surface area contributed by atoms with Crippen molar-refractivity contribution in [3.05, 3.63) is 34.3 Å². The third-order valence-electron chi connectivity index (χ3n) is 2.38. The lowest BCUT2D eigenvalue weighted by atomic mass is 9.99. The normalized spacial score (nSPS) is 12.4. The molecule has 4 heteroatoms. The molecule has 0 amide bonds. The van der Waals surface area contributed by atoms with Gasteiger partial charge in [-0.3, -0.25) is 4.79 Å². The minimum Gasteiger partial charge on any atom is -0.481 e. The molecule has 1 unspecified atom stereocenters. The van der Waals surface area contributed by atoms with Crippen LogP contribution in [0.2, 0.25) is 5.02 Å². The van der Waals surface area contributed by atoms with E-state index in [1.165, 1.54) is 6.92 Å². The fourth-order valence-corrected chi connectivity index (χ4v) is 2.02. The van der Waals surface area contributed by atoms with E-state index in [0.29, 0.717) is 23.4 Å². The standard InChI is InChI=1S/C12H14ClFO2/c1-8(14)12-9(4-2-6-10(12)13)5-3-7-11(15)16/h2,4,6,8H,3,5,7H2,1H3,(H,15,16). The summed E-state index contributed by atoms with van der Waals surface area (Å²) in [5, 5.41) is 8.93. The Hall–Kier alpha value is -1.09. The lowest BCUT2D eigenvalue weighted by molar-refractivity contribution is -0.137. The number of carbonyl (C=O) groups is 1. The van der Waals surface area contributed by atoms with Crippen molar-refractivity contribution in [1.29, 1.82) is 0 Å². The number of aliphatic carboxylic acids is 1. The highest BCUT2D eigenvalue weighted by Crippen LogP contribution is 2.29. The maximum atomic E-state index is 13.3. The van der Waals surface area contributed by atoms with Crippen molar-refractivity contribution in [3.63, 3.8) is 0 Å². The molecule has 0 saturated heterocycles. The van der Waals surface area contributed by atoms with Crippen molar-refractivity contribution in [2.45, 2.75) is 32.4 Å². The number of halogens is 2. The molecular formula is C12H14ClFO2. The fourth-order valence-electron chi connectivity index (χ4n) is 1.68.